The van der Waals surface area contributed by atoms with E-state index in [1.165, 1.54) is 12.8 Å². The average Bonchev–Trinajstić information content (AvgIpc) is 2.88. The molecule has 1 fully saturated rings. The van der Waals surface area contributed by atoms with Crippen LogP contribution in [0.4, 0.5) is 5.82 Å². The molecule has 0 unspecified atom stereocenters. The number of anilines is 1. The number of likely N-dealkylation sites (tertiary alicyclic amines) is 1. The summed E-state index contributed by atoms with van der Waals surface area (Å²) >= 11 is 5.93. The highest BCUT2D eigenvalue weighted by molar-refractivity contribution is 6.28. The molecule has 6 nitrogen and oxygen atoms in total. The Morgan fingerprint density at radius 3 is 2.90 bits per heavy atom. The highest BCUT2D eigenvalue weighted by Gasteiger charge is 2.29. The Morgan fingerprint density at radius 1 is 1.40 bits per heavy atom. The van der Waals surface area contributed by atoms with Crippen molar-refractivity contribution in [2.24, 2.45) is 5.41 Å². The standard InChI is InChI=1S/C13H19ClN6/c1-13(3-5-20(2)6-4-13)7-15-10-9-11(17-8-16-9)19-12(14)18-10/h8H,3-7H2,1-2H3,(H2,15,16,17,18,19). The number of rotatable bonds is 3. The monoisotopic (exact) mass is 294 g/mol. The minimum atomic E-state index is 0.223. The molecule has 0 bridgehead atoms. The number of hydrogen-bond acceptors (Lipinski definition) is 5. The maximum atomic E-state index is 5.93. The molecule has 3 rings (SSSR count). The van der Waals surface area contributed by atoms with Crippen molar-refractivity contribution in [1.82, 2.24) is 24.8 Å². The number of H-pyrrole nitrogens is 1. The molecule has 0 aliphatic carbocycles. The fourth-order valence-corrected chi connectivity index (χ4v) is 2.73. The van der Waals surface area contributed by atoms with Crippen LogP contribution >= 0.6 is 11.6 Å². The molecule has 3 heterocycles. The van der Waals surface area contributed by atoms with Crippen LogP contribution in [0.3, 0.4) is 0 Å². The highest BCUT2D eigenvalue weighted by atomic mass is 35.5. The molecular formula is C13H19ClN6. The van der Waals surface area contributed by atoms with Gasteiger partial charge in [-0.3, -0.25) is 0 Å². The number of nitrogens with zero attached hydrogens (tertiary/aromatic N) is 4. The summed E-state index contributed by atoms with van der Waals surface area (Å²) in [5, 5.41) is 3.64. The molecule has 2 N–H and O–H groups in total. The van der Waals surface area contributed by atoms with E-state index in [0.29, 0.717) is 5.65 Å². The van der Waals surface area contributed by atoms with E-state index in [1.54, 1.807) is 6.33 Å². The van der Waals surface area contributed by atoms with E-state index in [4.69, 9.17) is 11.6 Å². The van der Waals surface area contributed by atoms with E-state index in [0.717, 1.165) is 31.0 Å². The summed E-state index contributed by atoms with van der Waals surface area (Å²) in [5.41, 5.74) is 1.70. The zero-order chi connectivity index (χ0) is 14.2. The first-order valence-electron chi connectivity index (χ1n) is 6.85. The number of halogens is 1. The summed E-state index contributed by atoms with van der Waals surface area (Å²) in [6.07, 6.45) is 3.97. The summed E-state index contributed by atoms with van der Waals surface area (Å²) in [6.45, 7) is 5.48. The topological polar surface area (TPSA) is 69.7 Å². The normalized spacial score (nSPS) is 19.4. The van der Waals surface area contributed by atoms with Crippen LogP contribution in [0.5, 0.6) is 0 Å². The number of imidazole rings is 1. The van der Waals surface area contributed by atoms with E-state index >= 15 is 0 Å². The van der Waals surface area contributed by atoms with Crippen molar-refractivity contribution in [3.05, 3.63) is 11.6 Å². The van der Waals surface area contributed by atoms with E-state index in [2.05, 4.69) is 44.1 Å². The second-order valence-corrected chi connectivity index (χ2v) is 6.25. The Hall–Kier alpha value is -1.40. The van der Waals surface area contributed by atoms with Crippen molar-refractivity contribution in [1.29, 1.82) is 0 Å². The van der Waals surface area contributed by atoms with Gasteiger partial charge >= 0.3 is 0 Å². The molecule has 0 aromatic carbocycles. The molecule has 0 radical (unpaired) electrons. The van der Waals surface area contributed by atoms with Gasteiger partial charge in [0, 0.05) is 6.54 Å². The van der Waals surface area contributed by atoms with Crippen LogP contribution in [0.2, 0.25) is 5.28 Å². The lowest BCUT2D eigenvalue weighted by atomic mass is 9.80. The molecule has 2 aromatic rings. The molecule has 0 saturated carbocycles. The predicted octanol–water partition coefficient (Wildman–Crippen LogP) is 2.15. The number of fused-ring (bicyclic) bond motifs is 1. The van der Waals surface area contributed by atoms with Gasteiger partial charge in [0.05, 0.1) is 6.33 Å². The van der Waals surface area contributed by atoms with Crippen LogP contribution in [0.15, 0.2) is 6.33 Å². The molecule has 1 aliphatic rings. The van der Waals surface area contributed by atoms with Gasteiger partial charge in [-0.25, -0.2) is 4.98 Å². The molecule has 1 saturated heterocycles. The Balaban J connectivity index is 1.75. The van der Waals surface area contributed by atoms with Crippen LogP contribution in [-0.2, 0) is 0 Å². The first kappa shape index (κ1) is 13.6. The lowest BCUT2D eigenvalue weighted by Gasteiger charge is -2.38. The van der Waals surface area contributed by atoms with E-state index in [9.17, 15) is 0 Å². The Kier molecular flexibility index (Phi) is 3.52. The maximum absolute atomic E-state index is 5.93. The van der Waals surface area contributed by atoms with Crippen LogP contribution < -0.4 is 5.32 Å². The third-order valence-corrected chi connectivity index (χ3v) is 4.30. The van der Waals surface area contributed by atoms with Crippen LogP contribution in [0.1, 0.15) is 19.8 Å². The van der Waals surface area contributed by atoms with Gasteiger partial charge in [-0.2, -0.15) is 9.97 Å². The highest BCUT2D eigenvalue weighted by Crippen LogP contribution is 2.31. The quantitative estimate of drug-likeness (QED) is 0.849. The third kappa shape index (κ3) is 2.71. The third-order valence-electron chi connectivity index (χ3n) is 4.14. The van der Waals surface area contributed by atoms with Gasteiger partial charge < -0.3 is 15.2 Å². The summed E-state index contributed by atoms with van der Waals surface area (Å²) in [7, 11) is 2.17. The predicted molar refractivity (Wildman–Crippen MR) is 80.0 cm³/mol. The summed E-state index contributed by atoms with van der Waals surface area (Å²) < 4.78 is 0. The molecular weight excluding hydrogens is 276 g/mol. The average molecular weight is 295 g/mol. The molecule has 0 spiro atoms. The molecule has 0 amide bonds. The number of piperidine rings is 1. The van der Waals surface area contributed by atoms with E-state index in [-0.39, 0.29) is 10.7 Å². The first-order chi connectivity index (χ1) is 9.56. The second kappa shape index (κ2) is 5.18. The van der Waals surface area contributed by atoms with Crippen LogP contribution in [0.25, 0.3) is 11.2 Å². The van der Waals surface area contributed by atoms with Gasteiger partial charge in [-0.05, 0) is 50.0 Å². The number of hydrogen-bond donors (Lipinski definition) is 2. The lowest BCUT2D eigenvalue weighted by molar-refractivity contribution is 0.150. The van der Waals surface area contributed by atoms with Crippen LogP contribution in [0, 0.1) is 5.41 Å². The minimum Gasteiger partial charge on any atom is -0.368 e. The van der Waals surface area contributed by atoms with Crippen molar-refractivity contribution in [2.75, 3.05) is 32.0 Å². The van der Waals surface area contributed by atoms with Crippen molar-refractivity contribution >= 4 is 28.6 Å². The fraction of sp³-hybridized carbons (Fsp3) is 0.615. The Labute approximate surface area is 123 Å². The minimum absolute atomic E-state index is 0.223. The van der Waals surface area contributed by atoms with Crippen molar-refractivity contribution in [3.8, 4) is 0 Å². The molecule has 0 atom stereocenters. The Bertz CT molecular complexity index is 602. The fourth-order valence-electron chi connectivity index (χ4n) is 2.57. The molecule has 20 heavy (non-hydrogen) atoms. The molecule has 2 aromatic heterocycles. The van der Waals surface area contributed by atoms with Gasteiger partial charge in [0.25, 0.3) is 0 Å². The lowest BCUT2D eigenvalue weighted by Crippen LogP contribution is -2.40. The Morgan fingerprint density at radius 2 is 2.15 bits per heavy atom. The van der Waals surface area contributed by atoms with E-state index in [1.807, 2.05) is 0 Å². The van der Waals surface area contributed by atoms with Gasteiger partial charge in [-0.1, -0.05) is 6.92 Å². The molecule has 108 valence electrons. The van der Waals surface area contributed by atoms with Crippen molar-refractivity contribution < 1.29 is 0 Å². The number of aromatic nitrogens is 4. The van der Waals surface area contributed by atoms with Gasteiger partial charge in [0.1, 0.15) is 5.52 Å². The SMILES string of the molecule is CN1CCC(C)(CNc2nc(Cl)nc3nc[nH]c23)CC1. The summed E-state index contributed by atoms with van der Waals surface area (Å²) in [6, 6.07) is 0. The number of nitrogens with one attached hydrogen (secondary N) is 2. The summed E-state index contributed by atoms with van der Waals surface area (Å²) in [4.78, 5) is 17.9. The zero-order valence-corrected chi connectivity index (χ0v) is 12.5. The smallest absolute Gasteiger partial charge is 0.226 e. The van der Waals surface area contributed by atoms with Crippen LogP contribution in [-0.4, -0.2) is 51.5 Å². The van der Waals surface area contributed by atoms with Gasteiger partial charge in [0.2, 0.25) is 5.28 Å². The van der Waals surface area contributed by atoms with Crippen molar-refractivity contribution in [2.45, 2.75) is 19.8 Å². The first-order valence-corrected chi connectivity index (χ1v) is 7.23. The summed E-state index contributed by atoms with van der Waals surface area (Å²) in [5.74, 6) is 0.734. The zero-order valence-electron chi connectivity index (χ0n) is 11.8. The van der Waals surface area contributed by atoms with Gasteiger partial charge in [-0.15, -0.1) is 0 Å². The largest absolute Gasteiger partial charge is 0.368 e. The maximum Gasteiger partial charge on any atom is 0.226 e. The van der Waals surface area contributed by atoms with E-state index < -0.39 is 0 Å². The number of aromatic amines is 1. The molecule has 1 aliphatic heterocycles. The molecule has 7 heteroatoms. The second-order valence-electron chi connectivity index (χ2n) is 5.91. The van der Waals surface area contributed by atoms with Crippen molar-refractivity contribution in [3.63, 3.8) is 0 Å². The van der Waals surface area contributed by atoms with Gasteiger partial charge in [0.15, 0.2) is 11.5 Å².